The van der Waals surface area contributed by atoms with Crippen LogP contribution in [0, 0.1) is 0 Å². The molecule has 3 aliphatic rings. The lowest BCUT2D eigenvalue weighted by molar-refractivity contribution is -0.115. The number of piperazine rings is 1. The average molecular weight is 362 g/mol. The number of benzene rings is 1. The predicted molar refractivity (Wildman–Crippen MR) is 104 cm³/mol. The normalized spacial score (nSPS) is 29.3. The van der Waals surface area contributed by atoms with Crippen molar-refractivity contribution in [3.63, 3.8) is 0 Å². The van der Waals surface area contributed by atoms with Gasteiger partial charge in [-0.25, -0.2) is 9.97 Å². The molecule has 5 nitrogen and oxygen atoms in total. The monoisotopic (exact) mass is 362 g/mol. The minimum atomic E-state index is -0.275. The highest BCUT2D eigenvalue weighted by molar-refractivity contribution is 5.74. The Hall–Kier alpha value is -2.11. The zero-order valence-electron chi connectivity index (χ0n) is 15.6. The molecule has 27 heavy (non-hydrogen) atoms. The molecule has 2 saturated carbocycles. The molecule has 0 radical (unpaired) electrons. The molecule has 1 aromatic heterocycles. The molecule has 2 heterocycles. The van der Waals surface area contributed by atoms with Crippen LogP contribution in [0.15, 0.2) is 43.0 Å². The number of nitrogens with zero attached hydrogens (tertiary/aromatic N) is 4. The highest BCUT2D eigenvalue weighted by Crippen LogP contribution is 2.54. The fraction of sp³-hybridized carbons (Fsp3) is 0.500. The van der Waals surface area contributed by atoms with Crippen LogP contribution in [-0.4, -0.2) is 63.8 Å². The van der Waals surface area contributed by atoms with E-state index in [1.807, 2.05) is 12.4 Å². The maximum Gasteiger partial charge on any atom is 0.140 e. The third-order valence-corrected chi connectivity index (χ3v) is 6.88. The van der Waals surface area contributed by atoms with Gasteiger partial charge in [-0.05, 0) is 30.4 Å². The van der Waals surface area contributed by atoms with Gasteiger partial charge < -0.3 is 4.79 Å². The van der Waals surface area contributed by atoms with Crippen molar-refractivity contribution in [2.24, 2.45) is 0 Å². The topological polar surface area (TPSA) is 49.3 Å². The van der Waals surface area contributed by atoms with Crippen LogP contribution in [0.1, 0.15) is 37.2 Å². The summed E-state index contributed by atoms with van der Waals surface area (Å²) < 4.78 is 0. The number of carbonyl (C=O) groups excluding carboxylic acids is 1. The Morgan fingerprint density at radius 2 is 1.67 bits per heavy atom. The maximum atomic E-state index is 12.1. The third kappa shape index (κ3) is 2.99. The molecular weight excluding hydrogens is 336 g/mol. The van der Waals surface area contributed by atoms with E-state index in [0.29, 0.717) is 5.92 Å². The van der Waals surface area contributed by atoms with E-state index in [4.69, 9.17) is 0 Å². The maximum absolute atomic E-state index is 12.1. The van der Waals surface area contributed by atoms with Crippen molar-refractivity contribution < 1.29 is 4.79 Å². The van der Waals surface area contributed by atoms with E-state index in [1.165, 1.54) is 31.1 Å². The molecule has 140 valence electrons. The molecule has 3 fully saturated rings. The van der Waals surface area contributed by atoms with Crippen LogP contribution in [0.25, 0.3) is 11.1 Å². The number of rotatable bonds is 5. The van der Waals surface area contributed by atoms with Gasteiger partial charge in [-0.15, -0.1) is 0 Å². The van der Waals surface area contributed by atoms with Crippen molar-refractivity contribution in [1.82, 2.24) is 19.8 Å². The van der Waals surface area contributed by atoms with E-state index in [2.05, 4.69) is 44.0 Å². The Labute approximate surface area is 160 Å². The Bertz CT molecular complexity index is 797. The average Bonchev–Trinajstić information content (AvgIpc) is 3.44. The summed E-state index contributed by atoms with van der Waals surface area (Å²) in [6.45, 7) is 4.26. The van der Waals surface area contributed by atoms with E-state index in [9.17, 15) is 4.79 Å². The lowest BCUT2D eigenvalue weighted by Gasteiger charge is -2.44. The SMILES string of the molecule is O=C[C@]1(N2CCN(C3CCC3)CC2)C[C@H]1c1ccc(-c2cncnc2)cc1. The molecule has 5 rings (SSSR count). The minimum Gasteiger partial charge on any atom is -0.301 e. The second kappa shape index (κ2) is 6.80. The quantitative estimate of drug-likeness (QED) is 0.766. The van der Waals surface area contributed by atoms with Gasteiger partial charge in [-0.1, -0.05) is 30.7 Å². The summed E-state index contributed by atoms with van der Waals surface area (Å²) in [5, 5.41) is 0. The summed E-state index contributed by atoms with van der Waals surface area (Å²) >= 11 is 0. The van der Waals surface area contributed by atoms with Gasteiger partial charge in [0.05, 0.1) is 5.54 Å². The van der Waals surface area contributed by atoms with Crippen molar-refractivity contribution in [2.45, 2.75) is 43.2 Å². The molecule has 1 saturated heterocycles. The summed E-state index contributed by atoms with van der Waals surface area (Å²) in [7, 11) is 0. The number of hydrogen-bond donors (Lipinski definition) is 0. The summed E-state index contributed by atoms with van der Waals surface area (Å²) in [5.74, 6) is 0.325. The molecular formula is C22H26N4O. The fourth-order valence-electron chi connectivity index (χ4n) is 4.84. The zero-order valence-corrected chi connectivity index (χ0v) is 15.6. The van der Waals surface area contributed by atoms with Gasteiger partial charge in [0, 0.05) is 56.1 Å². The first-order valence-corrected chi connectivity index (χ1v) is 10.1. The van der Waals surface area contributed by atoms with Gasteiger partial charge in [-0.3, -0.25) is 9.80 Å². The lowest BCUT2D eigenvalue weighted by atomic mass is 9.91. The molecule has 0 N–H and O–H groups in total. The largest absolute Gasteiger partial charge is 0.301 e. The predicted octanol–water partition coefficient (Wildman–Crippen LogP) is 2.74. The van der Waals surface area contributed by atoms with Crippen molar-refractivity contribution in [3.05, 3.63) is 48.5 Å². The van der Waals surface area contributed by atoms with Crippen molar-refractivity contribution in [3.8, 4) is 11.1 Å². The lowest BCUT2D eigenvalue weighted by Crippen LogP contribution is -2.56. The first-order chi connectivity index (χ1) is 13.3. The van der Waals surface area contributed by atoms with Crippen LogP contribution in [0.4, 0.5) is 0 Å². The van der Waals surface area contributed by atoms with Crippen LogP contribution in [0.5, 0.6) is 0 Å². The number of carbonyl (C=O) groups is 1. The van der Waals surface area contributed by atoms with Gasteiger partial charge in [0.2, 0.25) is 0 Å². The summed E-state index contributed by atoms with van der Waals surface area (Å²) in [5.41, 5.74) is 3.13. The molecule has 0 spiro atoms. The molecule has 5 heteroatoms. The van der Waals surface area contributed by atoms with Gasteiger partial charge in [0.15, 0.2) is 0 Å². The van der Waals surface area contributed by atoms with E-state index in [-0.39, 0.29) is 5.54 Å². The molecule has 0 bridgehead atoms. The minimum absolute atomic E-state index is 0.275. The number of aromatic nitrogens is 2. The van der Waals surface area contributed by atoms with Crippen molar-refractivity contribution >= 4 is 6.29 Å². The molecule has 2 aliphatic carbocycles. The number of hydrogen-bond acceptors (Lipinski definition) is 5. The van der Waals surface area contributed by atoms with E-state index in [0.717, 1.165) is 49.8 Å². The van der Waals surface area contributed by atoms with Crippen LogP contribution < -0.4 is 0 Å². The number of aldehydes is 1. The summed E-state index contributed by atoms with van der Waals surface area (Å²) in [6, 6.07) is 9.39. The van der Waals surface area contributed by atoms with E-state index in [1.54, 1.807) is 6.33 Å². The Morgan fingerprint density at radius 1 is 0.963 bits per heavy atom. The molecule has 1 aliphatic heterocycles. The zero-order chi connectivity index (χ0) is 18.3. The van der Waals surface area contributed by atoms with Gasteiger partial charge in [0.1, 0.15) is 12.6 Å². The van der Waals surface area contributed by atoms with Crippen molar-refractivity contribution in [1.29, 1.82) is 0 Å². The standard InChI is InChI=1S/C22H26N4O/c27-15-22(26-10-8-25(9-11-26)20-2-1-3-20)12-21(22)18-6-4-17(5-7-18)19-13-23-16-24-14-19/h4-7,13-16,20-21H,1-3,8-12H2/t21-,22+/m0/s1. The molecule has 0 amide bonds. The molecule has 0 unspecified atom stereocenters. The smallest absolute Gasteiger partial charge is 0.140 e. The Balaban J connectivity index is 1.27. The second-order valence-corrected chi connectivity index (χ2v) is 8.22. The fourth-order valence-corrected chi connectivity index (χ4v) is 4.84. The van der Waals surface area contributed by atoms with E-state index >= 15 is 0 Å². The van der Waals surface area contributed by atoms with Crippen molar-refractivity contribution in [2.75, 3.05) is 26.2 Å². The van der Waals surface area contributed by atoms with Crippen LogP contribution in [-0.2, 0) is 4.79 Å². The Kier molecular flexibility index (Phi) is 4.29. The highest BCUT2D eigenvalue weighted by Gasteiger charge is 2.59. The van der Waals surface area contributed by atoms with Crippen LogP contribution in [0.3, 0.4) is 0 Å². The molecule has 1 aromatic carbocycles. The van der Waals surface area contributed by atoms with Gasteiger partial charge >= 0.3 is 0 Å². The Morgan fingerprint density at radius 3 is 2.26 bits per heavy atom. The van der Waals surface area contributed by atoms with Crippen LogP contribution in [0.2, 0.25) is 0 Å². The van der Waals surface area contributed by atoms with E-state index < -0.39 is 0 Å². The summed E-state index contributed by atoms with van der Waals surface area (Å²) in [6.07, 6.45) is 11.5. The van der Waals surface area contributed by atoms with Gasteiger partial charge in [-0.2, -0.15) is 0 Å². The molecule has 2 atom stereocenters. The summed E-state index contributed by atoms with van der Waals surface area (Å²) in [4.78, 5) is 25.3. The van der Waals surface area contributed by atoms with Crippen LogP contribution >= 0.6 is 0 Å². The molecule has 2 aromatic rings. The highest BCUT2D eigenvalue weighted by atomic mass is 16.1. The first-order valence-electron chi connectivity index (χ1n) is 10.1. The second-order valence-electron chi connectivity index (χ2n) is 8.22. The first kappa shape index (κ1) is 17.0. The van der Waals surface area contributed by atoms with Gasteiger partial charge in [0.25, 0.3) is 0 Å². The third-order valence-electron chi connectivity index (χ3n) is 6.88.